The fourth-order valence-corrected chi connectivity index (χ4v) is 2.40. The molecule has 0 bridgehead atoms. The molecule has 0 atom stereocenters. The zero-order valence-corrected chi connectivity index (χ0v) is 16.0. The summed E-state index contributed by atoms with van der Waals surface area (Å²) in [6.45, 7) is 5.46. The van der Waals surface area contributed by atoms with Gasteiger partial charge in [-0.25, -0.2) is 4.79 Å². The predicted molar refractivity (Wildman–Crippen MR) is 103 cm³/mol. The van der Waals surface area contributed by atoms with Crippen LogP contribution in [0.2, 0.25) is 0 Å². The van der Waals surface area contributed by atoms with Gasteiger partial charge in [-0.2, -0.15) is 0 Å². The molecule has 0 aliphatic rings. The molecule has 0 spiro atoms. The van der Waals surface area contributed by atoms with Crippen molar-refractivity contribution in [3.8, 4) is 0 Å². The van der Waals surface area contributed by atoms with Crippen molar-refractivity contribution in [3.63, 3.8) is 0 Å². The number of aryl methyl sites for hydroxylation is 1. The molecular formula is C21H24N2O4. The summed E-state index contributed by atoms with van der Waals surface area (Å²) < 4.78 is 4.64. The number of methoxy groups -OCH3 is 1. The van der Waals surface area contributed by atoms with E-state index in [4.69, 9.17) is 0 Å². The summed E-state index contributed by atoms with van der Waals surface area (Å²) in [6.07, 6.45) is 0. The van der Waals surface area contributed by atoms with E-state index in [0.717, 1.165) is 11.1 Å². The number of carbonyl (C=O) groups excluding carboxylic acids is 3. The summed E-state index contributed by atoms with van der Waals surface area (Å²) in [5.74, 6) is -1.26. The van der Waals surface area contributed by atoms with Gasteiger partial charge in [-0.15, -0.1) is 0 Å². The van der Waals surface area contributed by atoms with Crippen molar-refractivity contribution < 1.29 is 19.1 Å². The molecule has 2 aromatic carbocycles. The summed E-state index contributed by atoms with van der Waals surface area (Å²) in [7, 11) is 1.30. The van der Waals surface area contributed by atoms with E-state index in [-0.39, 0.29) is 5.91 Å². The number of esters is 1. The van der Waals surface area contributed by atoms with Gasteiger partial charge in [-0.1, -0.05) is 24.3 Å². The van der Waals surface area contributed by atoms with E-state index in [9.17, 15) is 14.4 Å². The molecule has 2 amide bonds. The fraction of sp³-hybridized carbons (Fsp3) is 0.286. The summed E-state index contributed by atoms with van der Waals surface area (Å²) >= 11 is 0. The van der Waals surface area contributed by atoms with Crippen LogP contribution in [0.5, 0.6) is 0 Å². The zero-order chi connectivity index (χ0) is 20.0. The van der Waals surface area contributed by atoms with Crippen molar-refractivity contribution >= 4 is 23.5 Å². The quantitative estimate of drug-likeness (QED) is 0.606. The van der Waals surface area contributed by atoms with Gasteiger partial charge in [0.05, 0.1) is 12.7 Å². The Morgan fingerprint density at radius 2 is 1.59 bits per heavy atom. The molecule has 0 unspecified atom stereocenters. The van der Waals surface area contributed by atoms with E-state index in [1.54, 1.807) is 38.1 Å². The molecule has 6 heteroatoms. The van der Waals surface area contributed by atoms with Crippen molar-refractivity contribution in [2.45, 2.75) is 27.3 Å². The number of amides is 2. The Hall–Kier alpha value is -3.15. The van der Waals surface area contributed by atoms with E-state index in [1.807, 2.05) is 31.2 Å². The van der Waals surface area contributed by atoms with Crippen LogP contribution < -0.4 is 10.6 Å². The molecule has 0 aliphatic heterocycles. The van der Waals surface area contributed by atoms with Crippen LogP contribution in [0.15, 0.2) is 48.5 Å². The Labute approximate surface area is 158 Å². The van der Waals surface area contributed by atoms with Crippen LogP contribution in [-0.2, 0) is 20.9 Å². The Kier molecular flexibility index (Phi) is 6.34. The average molecular weight is 368 g/mol. The van der Waals surface area contributed by atoms with E-state index < -0.39 is 17.3 Å². The predicted octanol–water partition coefficient (Wildman–Crippen LogP) is 3.06. The minimum atomic E-state index is -1.26. The maximum atomic E-state index is 12.6. The minimum absolute atomic E-state index is 0.357. The largest absolute Gasteiger partial charge is 0.465 e. The van der Waals surface area contributed by atoms with Gasteiger partial charge in [0.25, 0.3) is 0 Å². The van der Waals surface area contributed by atoms with Gasteiger partial charge in [-0.3, -0.25) is 9.59 Å². The van der Waals surface area contributed by atoms with Crippen molar-refractivity contribution in [1.29, 1.82) is 0 Å². The first-order valence-electron chi connectivity index (χ1n) is 8.58. The maximum Gasteiger partial charge on any atom is 0.337 e. The number of ether oxygens (including phenoxy) is 1. The number of carbonyl (C=O) groups is 3. The molecule has 27 heavy (non-hydrogen) atoms. The lowest BCUT2D eigenvalue weighted by molar-refractivity contribution is -0.138. The summed E-state index contributed by atoms with van der Waals surface area (Å²) in [4.78, 5) is 36.5. The van der Waals surface area contributed by atoms with Gasteiger partial charge in [0.1, 0.15) is 5.41 Å². The van der Waals surface area contributed by atoms with Crippen LogP contribution in [0.3, 0.4) is 0 Å². The fourth-order valence-electron chi connectivity index (χ4n) is 2.40. The second-order valence-electron chi connectivity index (χ2n) is 6.76. The molecule has 0 saturated heterocycles. The van der Waals surface area contributed by atoms with Crippen LogP contribution in [0, 0.1) is 12.3 Å². The third-order valence-corrected chi connectivity index (χ3v) is 4.40. The first-order valence-corrected chi connectivity index (χ1v) is 8.58. The topological polar surface area (TPSA) is 84.5 Å². The first kappa shape index (κ1) is 20.2. The van der Waals surface area contributed by atoms with E-state index in [2.05, 4.69) is 15.4 Å². The highest BCUT2D eigenvalue weighted by molar-refractivity contribution is 6.09. The van der Waals surface area contributed by atoms with Crippen molar-refractivity contribution in [2.24, 2.45) is 5.41 Å². The highest BCUT2D eigenvalue weighted by atomic mass is 16.5. The van der Waals surface area contributed by atoms with Crippen LogP contribution in [0.4, 0.5) is 5.69 Å². The highest BCUT2D eigenvalue weighted by Crippen LogP contribution is 2.20. The summed E-state index contributed by atoms with van der Waals surface area (Å²) in [5.41, 5.74) is 1.69. The van der Waals surface area contributed by atoms with Crippen LogP contribution in [0.1, 0.15) is 35.3 Å². The van der Waals surface area contributed by atoms with Gasteiger partial charge >= 0.3 is 5.97 Å². The van der Waals surface area contributed by atoms with Gasteiger partial charge in [0.2, 0.25) is 11.8 Å². The van der Waals surface area contributed by atoms with Crippen molar-refractivity contribution in [3.05, 3.63) is 65.2 Å². The van der Waals surface area contributed by atoms with E-state index in [0.29, 0.717) is 17.8 Å². The molecule has 0 aliphatic carbocycles. The molecule has 6 nitrogen and oxygen atoms in total. The lowest BCUT2D eigenvalue weighted by atomic mass is 9.90. The second-order valence-corrected chi connectivity index (χ2v) is 6.76. The molecular weight excluding hydrogens is 344 g/mol. The second kappa shape index (κ2) is 8.49. The Morgan fingerprint density at radius 3 is 2.19 bits per heavy atom. The van der Waals surface area contributed by atoms with Gasteiger partial charge in [0, 0.05) is 12.2 Å². The molecule has 2 N–H and O–H groups in total. The smallest absolute Gasteiger partial charge is 0.337 e. The Bertz CT molecular complexity index is 842. The van der Waals surface area contributed by atoms with Crippen molar-refractivity contribution in [1.82, 2.24) is 5.32 Å². The molecule has 2 aromatic rings. The SMILES string of the molecule is COC(=O)c1ccc(NC(=O)C(C)(C)C(=O)NCc2ccccc2C)cc1. The molecule has 0 aromatic heterocycles. The van der Waals surface area contributed by atoms with Crippen LogP contribution in [-0.4, -0.2) is 24.9 Å². The Morgan fingerprint density at radius 1 is 0.963 bits per heavy atom. The molecule has 0 fully saturated rings. The molecule has 2 rings (SSSR count). The number of hydrogen-bond donors (Lipinski definition) is 2. The number of benzene rings is 2. The summed E-state index contributed by atoms with van der Waals surface area (Å²) in [6, 6.07) is 14.0. The van der Waals surface area contributed by atoms with E-state index in [1.165, 1.54) is 7.11 Å². The first-order chi connectivity index (χ1) is 12.8. The summed E-state index contributed by atoms with van der Waals surface area (Å²) in [5, 5.41) is 5.52. The minimum Gasteiger partial charge on any atom is -0.465 e. The maximum absolute atomic E-state index is 12.6. The number of rotatable bonds is 6. The molecule has 0 heterocycles. The standard InChI is InChI=1S/C21H24N2O4/c1-14-7-5-6-8-16(14)13-22-19(25)21(2,3)20(26)23-17-11-9-15(10-12-17)18(24)27-4/h5-12H,13H2,1-4H3,(H,22,25)(H,23,26). The third-order valence-electron chi connectivity index (χ3n) is 4.40. The normalized spacial score (nSPS) is 10.8. The number of hydrogen-bond acceptors (Lipinski definition) is 4. The number of anilines is 1. The van der Waals surface area contributed by atoms with Crippen molar-refractivity contribution in [2.75, 3.05) is 12.4 Å². The van der Waals surface area contributed by atoms with Crippen LogP contribution in [0.25, 0.3) is 0 Å². The van der Waals surface area contributed by atoms with Crippen LogP contribution >= 0.6 is 0 Å². The lowest BCUT2D eigenvalue weighted by Gasteiger charge is -2.23. The lowest BCUT2D eigenvalue weighted by Crippen LogP contribution is -2.44. The van der Waals surface area contributed by atoms with Gasteiger partial charge in [0.15, 0.2) is 0 Å². The molecule has 142 valence electrons. The van der Waals surface area contributed by atoms with Gasteiger partial charge in [-0.05, 0) is 56.2 Å². The average Bonchev–Trinajstić information content (AvgIpc) is 2.66. The van der Waals surface area contributed by atoms with Gasteiger partial charge < -0.3 is 15.4 Å². The molecule has 0 saturated carbocycles. The zero-order valence-electron chi connectivity index (χ0n) is 16.0. The highest BCUT2D eigenvalue weighted by Gasteiger charge is 2.36. The monoisotopic (exact) mass is 368 g/mol. The third kappa shape index (κ3) is 4.94. The number of nitrogens with one attached hydrogen (secondary N) is 2. The van der Waals surface area contributed by atoms with E-state index >= 15 is 0 Å². The Balaban J connectivity index is 2.00. The molecule has 0 radical (unpaired) electrons.